The Morgan fingerprint density at radius 3 is 2.37 bits per heavy atom. The second-order valence-corrected chi connectivity index (χ2v) is 6.77. The summed E-state index contributed by atoms with van der Waals surface area (Å²) in [5.41, 5.74) is 0.499. The zero-order valence-electron chi connectivity index (χ0n) is 13.4. The van der Waals surface area contributed by atoms with E-state index < -0.39 is 0 Å². The number of piperazine rings is 1. The van der Waals surface area contributed by atoms with E-state index in [4.69, 9.17) is 0 Å². The minimum absolute atomic E-state index is 0.499. The molecule has 1 saturated heterocycles. The van der Waals surface area contributed by atoms with Crippen LogP contribution in [0.25, 0.3) is 0 Å². The molecule has 2 rings (SSSR count). The van der Waals surface area contributed by atoms with Crippen molar-refractivity contribution < 1.29 is 0 Å². The van der Waals surface area contributed by atoms with Crippen LogP contribution in [0.3, 0.4) is 0 Å². The molecule has 0 bridgehead atoms. The number of nitrogens with zero attached hydrogens (tertiary/aromatic N) is 1. The maximum Gasteiger partial charge on any atom is 0.0337 e. The van der Waals surface area contributed by atoms with Crippen molar-refractivity contribution in [2.45, 2.75) is 96.2 Å². The molecule has 1 aliphatic heterocycles. The van der Waals surface area contributed by atoms with Crippen LogP contribution in [0.5, 0.6) is 0 Å². The third-order valence-electron chi connectivity index (χ3n) is 5.55. The van der Waals surface area contributed by atoms with Gasteiger partial charge in [-0.15, -0.1) is 0 Å². The minimum Gasteiger partial charge on any atom is -0.311 e. The van der Waals surface area contributed by atoms with Gasteiger partial charge in [0.1, 0.15) is 0 Å². The number of hydrogen-bond acceptors (Lipinski definition) is 2. The summed E-state index contributed by atoms with van der Waals surface area (Å²) in [5.74, 6) is 0. The normalized spacial score (nSPS) is 28.1. The lowest BCUT2D eigenvalue weighted by atomic mass is 9.77. The molecule has 2 nitrogen and oxygen atoms in total. The van der Waals surface area contributed by atoms with Crippen molar-refractivity contribution in [1.29, 1.82) is 0 Å². The number of rotatable bonds is 5. The van der Waals surface area contributed by atoms with E-state index in [-0.39, 0.29) is 0 Å². The van der Waals surface area contributed by atoms with Gasteiger partial charge in [-0.3, -0.25) is 4.90 Å². The Bertz CT molecular complexity index is 254. The molecular formula is C17H34N2. The molecule has 2 aliphatic rings. The van der Waals surface area contributed by atoms with Gasteiger partial charge < -0.3 is 5.32 Å². The second kappa shape index (κ2) is 7.08. The van der Waals surface area contributed by atoms with Gasteiger partial charge >= 0.3 is 0 Å². The van der Waals surface area contributed by atoms with Gasteiger partial charge in [0.2, 0.25) is 0 Å². The van der Waals surface area contributed by atoms with E-state index in [0.29, 0.717) is 5.54 Å². The zero-order valence-corrected chi connectivity index (χ0v) is 13.4. The first-order chi connectivity index (χ1) is 9.25. The molecule has 1 spiro atoms. The van der Waals surface area contributed by atoms with E-state index in [1.807, 2.05) is 0 Å². The molecular weight excluding hydrogens is 232 g/mol. The summed E-state index contributed by atoms with van der Waals surface area (Å²) in [6.07, 6.45) is 12.5. The van der Waals surface area contributed by atoms with Crippen molar-refractivity contribution in [1.82, 2.24) is 10.2 Å². The molecule has 19 heavy (non-hydrogen) atoms. The molecule has 2 fully saturated rings. The maximum absolute atomic E-state index is 3.87. The Labute approximate surface area is 120 Å². The second-order valence-electron chi connectivity index (χ2n) is 6.77. The average Bonchev–Trinajstić information content (AvgIpc) is 2.45. The summed E-state index contributed by atoms with van der Waals surface area (Å²) in [4.78, 5) is 2.93. The molecule has 1 heterocycles. The molecule has 112 valence electrons. The van der Waals surface area contributed by atoms with Crippen LogP contribution in [0.1, 0.15) is 78.6 Å². The minimum atomic E-state index is 0.499. The number of hydrogen-bond donors (Lipinski definition) is 1. The maximum atomic E-state index is 3.87. The fourth-order valence-electron chi connectivity index (χ4n) is 4.41. The van der Waals surface area contributed by atoms with Gasteiger partial charge in [0.05, 0.1) is 0 Å². The monoisotopic (exact) mass is 266 g/mol. The average molecular weight is 266 g/mol. The Morgan fingerprint density at radius 2 is 1.79 bits per heavy atom. The van der Waals surface area contributed by atoms with E-state index in [9.17, 15) is 0 Å². The lowest BCUT2D eigenvalue weighted by Gasteiger charge is -2.55. The first-order valence-electron chi connectivity index (χ1n) is 8.76. The van der Waals surface area contributed by atoms with Crippen molar-refractivity contribution in [3.05, 3.63) is 0 Å². The standard InChI is InChI=1S/C17H34N2/c1-4-10-15-13-19(16(5-2)6-3)17(14-18-15)11-8-7-9-12-17/h15-16,18H,4-14H2,1-3H3. The van der Waals surface area contributed by atoms with Crippen LogP contribution in [0.15, 0.2) is 0 Å². The van der Waals surface area contributed by atoms with Crippen LogP contribution in [-0.2, 0) is 0 Å². The Hall–Kier alpha value is -0.0800. The molecule has 0 amide bonds. The summed E-state index contributed by atoms with van der Waals surface area (Å²) < 4.78 is 0. The highest BCUT2D eigenvalue weighted by atomic mass is 15.3. The van der Waals surface area contributed by atoms with Crippen LogP contribution in [-0.4, -0.2) is 35.6 Å². The van der Waals surface area contributed by atoms with Crippen LogP contribution in [0, 0.1) is 0 Å². The largest absolute Gasteiger partial charge is 0.311 e. The van der Waals surface area contributed by atoms with Crippen LogP contribution in [0.4, 0.5) is 0 Å². The Morgan fingerprint density at radius 1 is 1.11 bits per heavy atom. The highest BCUT2D eigenvalue weighted by Gasteiger charge is 2.43. The lowest BCUT2D eigenvalue weighted by Crippen LogP contribution is -2.67. The number of nitrogens with one attached hydrogen (secondary N) is 1. The van der Waals surface area contributed by atoms with E-state index >= 15 is 0 Å². The van der Waals surface area contributed by atoms with Crippen LogP contribution in [0.2, 0.25) is 0 Å². The fraction of sp³-hybridized carbons (Fsp3) is 1.00. The van der Waals surface area contributed by atoms with Gasteiger partial charge in [-0.25, -0.2) is 0 Å². The highest BCUT2D eigenvalue weighted by Crippen LogP contribution is 2.38. The third kappa shape index (κ3) is 3.33. The lowest BCUT2D eigenvalue weighted by molar-refractivity contribution is -0.0264. The van der Waals surface area contributed by atoms with E-state index in [0.717, 1.165) is 12.1 Å². The third-order valence-corrected chi connectivity index (χ3v) is 5.55. The van der Waals surface area contributed by atoms with E-state index in [2.05, 4.69) is 31.0 Å². The molecule has 1 N–H and O–H groups in total. The van der Waals surface area contributed by atoms with Gasteiger partial charge in [-0.2, -0.15) is 0 Å². The predicted molar refractivity (Wildman–Crippen MR) is 83.6 cm³/mol. The molecule has 2 heteroatoms. The molecule has 1 aliphatic carbocycles. The summed E-state index contributed by atoms with van der Waals surface area (Å²) >= 11 is 0. The van der Waals surface area contributed by atoms with Gasteiger partial charge in [0.25, 0.3) is 0 Å². The highest BCUT2D eigenvalue weighted by molar-refractivity contribution is 5.02. The summed E-state index contributed by atoms with van der Waals surface area (Å²) in [5, 5.41) is 3.87. The van der Waals surface area contributed by atoms with Crippen LogP contribution < -0.4 is 5.32 Å². The van der Waals surface area contributed by atoms with Crippen molar-refractivity contribution in [3.63, 3.8) is 0 Å². The van der Waals surface area contributed by atoms with Gasteiger partial charge in [-0.1, -0.05) is 46.5 Å². The summed E-state index contributed by atoms with van der Waals surface area (Å²) in [6.45, 7) is 9.60. The van der Waals surface area contributed by atoms with Crippen molar-refractivity contribution in [3.8, 4) is 0 Å². The van der Waals surface area contributed by atoms with Crippen LogP contribution >= 0.6 is 0 Å². The van der Waals surface area contributed by atoms with E-state index in [1.165, 1.54) is 70.9 Å². The zero-order chi connectivity index (χ0) is 13.7. The molecule has 1 unspecified atom stereocenters. The topological polar surface area (TPSA) is 15.3 Å². The molecule has 1 saturated carbocycles. The van der Waals surface area contributed by atoms with Crippen molar-refractivity contribution in [2.75, 3.05) is 13.1 Å². The van der Waals surface area contributed by atoms with E-state index in [1.54, 1.807) is 0 Å². The molecule has 1 atom stereocenters. The summed E-state index contributed by atoms with van der Waals surface area (Å²) in [6, 6.07) is 1.54. The molecule has 0 radical (unpaired) electrons. The van der Waals surface area contributed by atoms with Gasteiger partial charge in [-0.05, 0) is 32.1 Å². The quantitative estimate of drug-likeness (QED) is 0.810. The summed E-state index contributed by atoms with van der Waals surface area (Å²) in [7, 11) is 0. The van der Waals surface area contributed by atoms with Gasteiger partial charge in [0.15, 0.2) is 0 Å². The first-order valence-corrected chi connectivity index (χ1v) is 8.76. The predicted octanol–water partition coefficient (Wildman–Crippen LogP) is 3.95. The fourth-order valence-corrected chi connectivity index (χ4v) is 4.41. The smallest absolute Gasteiger partial charge is 0.0337 e. The van der Waals surface area contributed by atoms with Gasteiger partial charge in [0, 0.05) is 30.7 Å². The van der Waals surface area contributed by atoms with Crippen molar-refractivity contribution in [2.24, 2.45) is 0 Å². The first kappa shape index (κ1) is 15.3. The Kier molecular flexibility index (Phi) is 5.70. The SMILES string of the molecule is CCCC1CN(C(CC)CC)C2(CCCCC2)CN1. The molecule has 0 aromatic carbocycles. The van der Waals surface area contributed by atoms with Crippen molar-refractivity contribution >= 4 is 0 Å². The molecule has 0 aromatic rings. The Balaban J connectivity index is 2.11. The molecule has 0 aromatic heterocycles.